The summed E-state index contributed by atoms with van der Waals surface area (Å²) >= 11 is 1.66. The SMILES string of the molecule is CN1CCC[C@H]1C(=O)NCC1CCN(Cc2cscn2)CC1. The van der Waals surface area contributed by atoms with Crippen LogP contribution in [0.15, 0.2) is 10.9 Å². The lowest BCUT2D eigenvalue weighted by atomic mass is 9.96. The van der Waals surface area contributed by atoms with Gasteiger partial charge in [-0.05, 0) is 58.3 Å². The summed E-state index contributed by atoms with van der Waals surface area (Å²) < 4.78 is 0. The molecule has 0 unspecified atom stereocenters. The third-order valence-corrected chi connectivity index (χ3v) is 5.60. The van der Waals surface area contributed by atoms with Crippen molar-refractivity contribution in [2.24, 2.45) is 5.92 Å². The monoisotopic (exact) mass is 322 g/mol. The zero-order valence-electron chi connectivity index (χ0n) is 13.3. The van der Waals surface area contributed by atoms with E-state index >= 15 is 0 Å². The van der Waals surface area contributed by atoms with E-state index in [0.29, 0.717) is 5.92 Å². The maximum Gasteiger partial charge on any atom is 0.237 e. The number of thiazole rings is 1. The van der Waals surface area contributed by atoms with Crippen LogP contribution in [0.2, 0.25) is 0 Å². The molecule has 0 saturated carbocycles. The molecular weight excluding hydrogens is 296 g/mol. The lowest BCUT2D eigenvalue weighted by Crippen LogP contribution is -2.44. The Morgan fingerprint density at radius 2 is 2.18 bits per heavy atom. The van der Waals surface area contributed by atoms with Gasteiger partial charge in [-0.1, -0.05) is 0 Å². The van der Waals surface area contributed by atoms with Gasteiger partial charge < -0.3 is 5.32 Å². The average Bonchev–Trinajstić information content (AvgIpc) is 3.18. The standard InChI is InChI=1S/C16H26N4OS/c1-19-6-2-3-15(19)16(21)17-9-13-4-7-20(8-5-13)10-14-11-22-12-18-14/h11-13,15H,2-10H2,1H3,(H,17,21)/t15-/m0/s1. The van der Waals surface area contributed by atoms with Crippen molar-refractivity contribution in [1.29, 1.82) is 0 Å². The maximum atomic E-state index is 12.2. The average molecular weight is 322 g/mol. The number of likely N-dealkylation sites (N-methyl/N-ethyl adjacent to an activating group) is 1. The second-order valence-corrected chi connectivity index (χ2v) is 7.30. The van der Waals surface area contributed by atoms with Gasteiger partial charge in [-0.15, -0.1) is 11.3 Å². The predicted molar refractivity (Wildman–Crippen MR) is 88.8 cm³/mol. The van der Waals surface area contributed by atoms with E-state index in [1.165, 1.54) is 18.5 Å². The third-order valence-electron chi connectivity index (χ3n) is 4.96. The van der Waals surface area contributed by atoms with Gasteiger partial charge in [0.25, 0.3) is 0 Å². The van der Waals surface area contributed by atoms with E-state index in [4.69, 9.17) is 0 Å². The first-order valence-corrected chi connectivity index (χ1v) is 9.24. The summed E-state index contributed by atoms with van der Waals surface area (Å²) in [4.78, 5) is 21.2. The Hall–Kier alpha value is -0.980. The molecule has 0 bridgehead atoms. The molecule has 22 heavy (non-hydrogen) atoms. The van der Waals surface area contributed by atoms with E-state index in [1.54, 1.807) is 11.3 Å². The van der Waals surface area contributed by atoms with Crippen LogP contribution < -0.4 is 5.32 Å². The summed E-state index contributed by atoms with van der Waals surface area (Å²) in [6, 6.07) is 0.102. The first kappa shape index (κ1) is 15.9. The number of aromatic nitrogens is 1. The van der Waals surface area contributed by atoms with Gasteiger partial charge in [0.2, 0.25) is 5.91 Å². The molecule has 2 aliphatic heterocycles. The van der Waals surface area contributed by atoms with Crippen molar-refractivity contribution in [3.05, 3.63) is 16.6 Å². The molecule has 1 N–H and O–H groups in total. The zero-order valence-corrected chi connectivity index (χ0v) is 14.1. The number of nitrogens with one attached hydrogen (secondary N) is 1. The molecule has 0 spiro atoms. The molecule has 2 aliphatic rings. The minimum absolute atomic E-state index is 0.102. The lowest BCUT2D eigenvalue weighted by Gasteiger charge is -2.32. The van der Waals surface area contributed by atoms with Gasteiger partial charge in [0.15, 0.2) is 0 Å². The van der Waals surface area contributed by atoms with Crippen molar-refractivity contribution >= 4 is 17.2 Å². The number of likely N-dealkylation sites (tertiary alicyclic amines) is 2. The molecular formula is C16H26N4OS. The number of rotatable bonds is 5. The molecule has 1 atom stereocenters. The van der Waals surface area contributed by atoms with Crippen LogP contribution in [0.4, 0.5) is 0 Å². The molecule has 6 heteroatoms. The quantitative estimate of drug-likeness (QED) is 0.894. The van der Waals surface area contributed by atoms with Crippen molar-refractivity contribution < 1.29 is 4.79 Å². The normalized spacial score (nSPS) is 24.7. The molecule has 0 aromatic carbocycles. The van der Waals surface area contributed by atoms with Crippen LogP contribution in [-0.4, -0.2) is 60.0 Å². The molecule has 122 valence electrons. The molecule has 0 aliphatic carbocycles. The maximum absolute atomic E-state index is 12.2. The number of hydrogen-bond donors (Lipinski definition) is 1. The van der Waals surface area contributed by atoms with Gasteiger partial charge in [0, 0.05) is 18.5 Å². The summed E-state index contributed by atoms with van der Waals surface area (Å²) in [5.41, 5.74) is 3.08. The van der Waals surface area contributed by atoms with Gasteiger partial charge in [-0.25, -0.2) is 4.98 Å². The van der Waals surface area contributed by atoms with Crippen LogP contribution >= 0.6 is 11.3 Å². The summed E-state index contributed by atoms with van der Waals surface area (Å²) in [7, 11) is 2.05. The Morgan fingerprint density at radius 3 is 2.82 bits per heavy atom. The summed E-state index contributed by atoms with van der Waals surface area (Å²) in [6.45, 7) is 5.08. The van der Waals surface area contributed by atoms with Gasteiger partial charge in [-0.2, -0.15) is 0 Å². The molecule has 1 amide bonds. The fraction of sp³-hybridized carbons (Fsp3) is 0.750. The van der Waals surface area contributed by atoms with Crippen LogP contribution in [0.3, 0.4) is 0 Å². The number of amides is 1. The first-order chi connectivity index (χ1) is 10.7. The largest absolute Gasteiger partial charge is 0.354 e. The molecule has 0 radical (unpaired) electrons. The molecule has 1 aromatic heterocycles. The highest BCUT2D eigenvalue weighted by Crippen LogP contribution is 2.19. The van der Waals surface area contributed by atoms with E-state index < -0.39 is 0 Å². The van der Waals surface area contributed by atoms with Gasteiger partial charge in [-0.3, -0.25) is 14.6 Å². The number of carbonyl (C=O) groups is 1. The van der Waals surface area contributed by atoms with E-state index in [9.17, 15) is 4.79 Å². The number of piperidine rings is 1. The Morgan fingerprint density at radius 1 is 1.36 bits per heavy atom. The predicted octanol–water partition coefficient (Wildman–Crippen LogP) is 1.57. The van der Waals surface area contributed by atoms with Crippen molar-refractivity contribution in [1.82, 2.24) is 20.1 Å². The number of nitrogens with zero attached hydrogens (tertiary/aromatic N) is 3. The highest BCUT2D eigenvalue weighted by atomic mass is 32.1. The van der Waals surface area contributed by atoms with Crippen molar-refractivity contribution in [2.75, 3.05) is 33.2 Å². The molecule has 1 aromatic rings. The first-order valence-electron chi connectivity index (χ1n) is 8.30. The second-order valence-electron chi connectivity index (χ2n) is 6.58. The van der Waals surface area contributed by atoms with Gasteiger partial charge in [0.1, 0.15) is 0 Å². The van der Waals surface area contributed by atoms with Crippen LogP contribution in [-0.2, 0) is 11.3 Å². The zero-order chi connectivity index (χ0) is 15.4. The topological polar surface area (TPSA) is 48.5 Å². The highest BCUT2D eigenvalue weighted by Gasteiger charge is 2.28. The van der Waals surface area contributed by atoms with Crippen LogP contribution in [0, 0.1) is 5.92 Å². The van der Waals surface area contributed by atoms with Crippen molar-refractivity contribution in [2.45, 2.75) is 38.3 Å². The molecule has 5 nitrogen and oxygen atoms in total. The lowest BCUT2D eigenvalue weighted by molar-refractivity contribution is -0.125. The second kappa shape index (κ2) is 7.53. The van der Waals surface area contributed by atoms with Crippen molar-refractivity contribution in [3.63, 3.8) is 0 Å². The fourth-order valence-corrected chi connectivity index (χ4v) is 4.05. The van der Waals surface area contributed by atoms with Gasteiger partial charge in [0.05, 0.1) is 17.2 Å². The fourth-order valence-electron chi connectivity index (χ4n) is 3.50. The number of hydrogen-bond acceptors (Lipinski definition) is 5. The molecule has 3 heterocycles. The summed E-state index contributed by atoms with van der Waals surface area (Å²) in [5, 5.41) is 5.30. The van der Waals surface area contributed by atoms with E-state index in [-0.39, 0.29) is 11.9 Å². The summed E-state index contributed by atoms with van der Waals surface area (Å²) in [6.07, 6.45) is 4.49. The van der Waals surface area contributed by atoms with E-state index in [2.05, 4.69) is 25.5 Å². The van der Waals surface area contributed by atoms with Crippen LogP contribution in [0.1, 0.15) is 31.4 Å². The minimum Gasteiger partial charge on any atom is -0.354 e. The van der Waals surface area contributed by atoms with Gasteiger partial charge >= 0.3 is 0 Å². The molecule has 3 rings (SSSR count). The van der Waals surface area contributed by atoms with Crippen molar-refractivity contribution in [3.8, 4) is 0 Å². The van der Waals surface area contributed by atoms with E-state index in [0.717, 1.165) is 45.6 Å². The third kappa shape index (κ3) is 4.06. The van der Waals surface area contributed by atoms with E-state index in [1.807, 2.05) is 12.6 Å². The number of carbonyl (C=O) groups excluding carboxylic acids is 1. The van der Waals surface area contributed by atoms with Crippen LogP contribution in [0.5, 0.6) is 0 Å². The minimum atomic E-state index is 0.102. The summed E-state index contributed by atoms with van der Waals surface area (Å²) in [5.74, 6) is 0.854. The Kier molecular flexibility index (Phi) is 5.44. The molecule has 2 fully saturated rings. The Bertz CT molecular complexity index is 471. The Labute approximate surface area is 136 Å². The Balaban J connectivity index is 1.36. The molecule has 2 saturated heterocycles. The van der Waals surface area contributed by atoms with Crippen LogP contribution in [0.25, 0.3) is 0 Å². The smallest absolute Gasteiger partial charge is 0.237 e. The highest BCUT2D eigenvalue weighted by molar-refractivity contribution is 7.07.